The smallest absolute Gasteiger partial charge is 0.235 e. The number of fused-ring (bicyclic) bond motifs is 1. The fourth-order valence-electron chi connectivity index (χ4n) is 2.73. The molecule has 7 nitrogen and oxygen atoms in total. The van der Waals surface area contributed by atoms with Gasteiger partial charge in [0, 0.05) is 11.6 Å². The van der Waals surface area contributed by atoms with E-state index in [1.54, 1.807) is 23.0 Å². The third-order valence-electron chi connectivity index (χ3n) is 4.16. The minimum Gasteiger partial charge on any atom is -0.497 e. The van der Waals surface area contributed by atoms with Gasteiger partial charge in [-0.1, -0.05) is 16.5 Å². The van der Waals surface area contributed by atoms with Crippen LogP contribution in [0.15, 0.2) is 46.3 Å². The van der Waals surface area contributed by atoms with Crippen LogP contribution in [0, 0.1) is 6.92 Å². The molecule has 0 spiro atoms. The molecule has 4 aromatic heterocycles. The summed E-state index contributed by atoms with van der Waals surface area (Å²) >= 11 is 3.06. The Hall–Kier alpha value is -3.04. The minimum absolute atomic E-state index is 0.671. The highest BCUT2D eigenvalue weighted by Gasteiger charge is 2.19. The first-order chi connectivity index (χ1) is 13.2. The van der Waals surface area contributed by atoms with Crippen molar-refractivity contribution in [1.82, 2.24) is 25.0 Å². The van der Waals surface area contributed by atoms with Gasteiger partial charge in [-0.3, -0.25) is 0 Å². The molecule has 0 atom stereocenters. The van der Waals surface area contributed by atoms with Gasteiger partial charge in [-0.2, -0.15) is 9.61 Å². The first-order valence-electron chi connectivity index (χ1n) is 8.11. The van der Waals surface area contributed by atoms with E-state index in [0.29, 0.717) is 11.5 Å². The number of rotatable bonds is 4. The predicted octanol–water partition coefficient (Wildman–Crippen LogP) is 4.55. The Bertz CT molecular complexity index is 1230. The van der Waals surface area contributed by atoms with E-state index in [1.165, 1.54) is 11.3 Å². The molecule has 0 saturated heterocycles. The molecule has 0 bridgehead atoms. The zero-order chi connectivity index (χ0) is 18.4. The van der Waals surface area contributed by atoms with Gasteiger partial charge in [0.15, 0.2) is 16.6 Å². The monoisotopic (exact) mass is 395 g/mol. The van der Waals surface area contributed by atoms with Crippen LogP contribution in [0.1, 0.15) is 5.56 Å². The van der Waals surface area contributed by atoms with Gasteiger partial charge in [0.1, 0.15) is 11.4 Å². The molecular weight excluding hydrogens is 382 g/mol. The number of benzene rings is 1. The molecule has 0 amide bonds. The van der Waals surface area contributed by atoms with Crippen molar-refractivity contribution < 1.29 is 9.26 Å². The fourth-order valence-corrected chi connectivity index (χ4v) is 4.42. The van der Waals surface area contributed by atoms with Crippen LogP contribution in [0.25, 0.3) is 37.7 Å². The van der Waals surface area contributed by atoms with Gasteiger partial charge < -0.3 is 9.26 Å². The summed E-state index contributed by atoms with van der Waals surface area (Å²) in [7, 11) is 1.64. The van der Waals surface area contributed by atoms with Crippen molar-refractivity contribution in [3.8, 4) is 38.5 Å². The summed E-state index contributed by atoms with van der Waals surface area (Å²) in [6.45, 7) is 2.05. The van der Waals surface area contributed by atoms with Crippen molar-refractivity contribution in [1.29, 1.82) is 0 Å². The van der Waals surface area contributed by atoms with E-state index in [-0.39, 0.29) is 0 Å². The van der Waals surface area contributed by atoms with E-state index in [4.69, 9.17) is 9.26 Å². The molecule has 0 saturated carbocycles. The van der Waals surface area contributed by atoms with Crippen molar-refractivity contribution in [2.24, 2.45) is 0 Å². The van der Waals surface area contributed by atoms with E-state index in [9.17, 15) is 0 Å². The Morgan fingerprint density at radius 3 is 2.70 bits per heavy atom. The van der Waals surface area contributed by atoms with Crippen LogP contribution in [-0.4, -0.2) is 32.1 Å². The standard InChI is InChI=1S/C18H13N5O2S2/c1-10-7-8-26-15(10)16-19-20-18-23(16)21-17(27-18)13-9-14(25-22-13)11-3-5-12(24-2)6-4-11/h3-9H,1-2H3. The van der Waals surface area contributed by atoms with Crippen molar-refractivity contribution in [3.05, 3.63) is 47.3 Å². The lowest BCUT2D eigenvalue weighted by Crippen LogP contribution is -1.90. The lowest BCUT2D eigenvalue weighted by atomic mass is 10.1. The summed E-state index contributed by atoms with van der Waals surface area (Å²) in [6, 6.07) is 11.6. The van der Waals surface area contributed by atoms with E-state index < -0.39 is 0 Å². The van der Waals surface area contributed by atoms with Crippen molar-refractivity contribution >= 4 is 27.6 Å². The molecule has 0 aliphatic rings. The molecule has 5 rings (SSSR count). The number of methoxy groups -OCH3 is 1. The Morgan fingerprint density at radius 1 is 1.11 bits per heavy atom. The summed E-state index contributed by atoms with van der Waals surface area (Å²) in [5, 5.41) is 20.1. The summed E-state index contributed by atoms with van der Waals surface area (Å²) in [4.78, 5) is 1.79. The van der Waals surface area contributed by atoms with Crippen LogP contribution in [0.5, 0.6) is 5.75 Å². The number of aromatic nitrogens is 5. The normalized spacial score (nSPS) is 11.3. The molecule has 1 aromatic carbocycles. The quantitative estimate of drug-likeness (QED) is 0.444. The second-order valence-electron chi connectivity index (χ2n) is 5.86. The van der Waals surface area contributed by atoms with Crippen molar-refractivity contribution in [3.63, 3.8) is 0 Å². The molecule has 0 radical (unpaired) electrons. The Labute approximate surface area is 161 Å². The van der Waals surface area contributed by atoms with Crippen LogP contribution in [0.4, 0.5) is 0 Å². The third-order valence-corrected chi connectivity index (χ3v) is 6.09. The molecule has 0 N–H and O–H groups in total. The number of hydrogen-bond acceptors (Lipinski definition) is 8. The summed E-state index contributed by atoms with van der Waals surface area (Å²) in [5.74, 6) is 2.22. The molecule has 0 aliphatic carbocycles. The highest BCUT2D eigenvalue weighted by molar-refractivity contribution is 7.19. The molecule has 0 aliphatic heterocycles. The highest BCUT2D eigenvalue weighted by Crippen LogP contribution is 2.33. The van der Waals surface area contributed by atoms with Gasteiger partial charge in [-0.15, -0.1) is 21.5 Å². The van der Waals surface area contributed by atoms with Gasteiger partial charge in [-0.25, -0.2) is 0 Å². The fraction of sp³-hybridized carbons (Fsp3) is 0.111. The highest BCUT2D eigenvalue weighted by atomic mass is 32.1. The predicted molar refractivity (Wildman–Crippen MR) is 104 cm³/mol. The second-order valence-corrected chi connectivity index (χ2v) is 7.73. The van der Waals surface area contributed by atoms with E-state index in [2.05, 4.69) is 33.4 Å². The van der Waals surface area contributed by atoms with E-state index in [1.807, 2.05) is 35.7 Å². The van der Waals surface area contributed by atoms with Gasteiger partial charge >= 0.3 is 0 Å². The first kappa shape index (κ1) is 16.2. The zero-order valence-corrected chi connectivity index (χ0v) is 16.0. The number of aryl methyl sites for hydroxylation is 1. The average molecular weight is 395 g/mol. The molecule has 0 unspecified atom stereocenters. The molecular formula is C18H13N5O2S2. The van der Waals surface area contributed by atoms with E-state index >= 15 is 0 Å². The zero-order valence-electron chi connectivity index (χ0n) is 14.4. The molecule has 27 heavy (non-hydrogen) atoms. The molecule has 134 valence electrons. The number of nitrogens with zero attached hydrogens (tertiary/aromatic N) is 5. The second kappa shape index (κ2) is 6.29. The Morgan fingerprint density at radius 2 is 1.96 bits per heavy atom. The van der Waals surface area contributed by atoms with Crippen molar-refractivity contribution in [2.45, 2.75) is 6.92 Å². The van der Waals surface area contributed by atoms with Crippen LogP contribution in [0.2, 0.25) is 0 Å². The third kappa shape index (κ3) is 2.71. The topological polar surface area (TPSA) is 78.3 Å². The first-order valence-corrected chi connectivity index (χ1v) is 9.81. The molecule has 0 fully saturated rings. The number of thiophene rings is 1. The van der Waals surface area contributed by atoms with Gasteiger partial charge in [-0.05, 0) is 48.2 Å². The van der Waals surface area contributed by atoms with Crippen LogP contribution in [-0.2, 0) is 0 Å². The molecule has 9 heteroatoms. The van der Waals surface area contributed by atoms with Gasteiger partial charge in [0.25, 0.3) is 0 Å². The van der Waals surface area contributed by atoms with E-state index in [0.717, 1.165) is 37.5 Å². The minimum atomic E-state index is 0.671. The summed E-state index contributed by atoms with van der Waals surface area (Å²) in [6.07, 6.45) is 0. The Kier molecular flexibility index (Phi) is 3.76. The average Bonchev–Trinajstić information content (AvgIpc) is 3.45. The van der Waals surface area contributed by atoms with Crippen molar-refractivity contribution in [2.75, 3.05) is 7.11 Å². The maximum Gasteiger partial charge on any atom is 0.235 e. The Balaban J connectivity index is 1.52. The summed E-state index contributed by atoms with van der Waals surface area (Å²) < 4.78 is 12.5. The lowest BCUT2D eigenvalue weighted by molar-refractivity contribution is 0.414. The van der Waals surface area contributed by atoms with Gasteiger partial charge in [0.05, 0.1) is 12.0 Å². The maximum atomic E-state index is 5.51. The molecule has 5 aromatic rings. The lowest BCUT2D eigenvalue weighted by Gasteiger charge is -1.99. The molecule has 4 heterocycles. The van der Waals surface area contributed by atoms with Gasteiger partial charge in [0.2, 0.25) is 4.96 Å². The number of ether oxygens (including phenoxy) is 1. The largest absolute Gasteiger partial charge is 0.497 e. The maximum absolute atomic E-state index is 5.51. The SMILES string of the molecule is COc1ccc(-c2cc(-c3nn4c(-c5sccc5C)nnc4s3)no2)cc1. The van der Waals surface area contributed by atoms with Crippen LogP contribution < -0.4 is 4.74 Å². The van der Waals surface area contributed by atoms with Crippen LogP contribution >= 0.6 is 22.7 Å². The van der Waals surface area contributed by atoms with Crippen LogP contribution in [0.3, 0.4) is 0 Å². The summed E-state index contributed by atoms with van der Waals surface area (Å²) in [5.41, 5.74) is 2.75. The number of hydrogen-bond donors (Lipinski definition) is 0.